The third kappa shape index (κ3) is 3.16. The molecule has 1 aliphatic heterocycles. The van der Waals surface area contributed by atoms with E-state index < -0.39 is 18.0 Å². The van der Waals surface area contributed by atoms with E-state index in [1.807, 2.05) is 0 Å². The maximum absolute atomic E-state index is 12.8. The molecular weight excluding hydrogens is 334 g/mol. The Morgan fingerprint density at radius 3 is 2.92 bits per heavy atom. The molecule has 24 heavy (non-hydrogen) atoms. The summed E-state index contributed by atoms with van der Waals surface area (Å²) in [6.45, 7) is 1.95. The molecule has 1 aromatic carbocycles. The zero-order valence-corrected chi connectivity index (χ0v) is 13.6. The molecule has 0 saturated carbocycles. The van der Waals surface area contributed by atoms with Gasteiger partial charge in [-0.05, 0) is 19.1 Å². The molecule has 1 aromatic heterocycles. The van der Waals surface area contributed by atoms with Gasteiger partial charge in [-0.25, -0.2) is 9.78 Å². The topological polar surface area (TPSA) is 81.6 Å². The van der Waals surface area contributed by atoms with Crippen molar-refractivity contribution in [1.29, 1.82) is 0 Å². The molecule has 8 heteroatoms. The number of para-hydroxylation sites is 2. The van der Waals surface area contributed by atoms with Crippen LogP contribution in [0.2, 0.25) is 5.15 Å². The van der Waals surface area contributed by atoms with E-state index in [-0.39, 0.29) is 24.0 Å². The Bertz CT molecular complexity index is 783. The van der Waals surface area contributed by atoms with Crippen molar-refractivity contribution in [2.45, 2.75) is 13.0 Å². The fraction of sp³-hybridized carbons (Fsp3) is 0.250. The van der Waals surface area contributed by atoms with Crippen LogP contribution < -0.4 is 9.64 Å². The molecule has 0 N–H and O–H groups in total. The third-order valence-electron chi connectivity index (χ3n) is 3.39. The standard InChI is InChI=1S/C16H14ClN3O4/c1-2-23-16(22)13-9-20(11-5-3-4-6-12(11)24-13)15(21)10-7-18-8-14(17)19-10/h3-8,13H,2,9H2,1H3. The Kier molecular flexibility index (Phi) is 4.61. The summed E-state index contributed by atoms with van der Waals surface area (Å²) in [5, 5.41) is 0.115. The van der Waals surface area contributed by atoms with Crippen molar-refractivity contribution in [3.05, 3.63) is 47.5 Å². The summed E-state index contributed by atoms with van der Waals surface area (Å²) in [6.07, 6.45) is 1.76. The summed E-state index contributed by atoms with van der Waals surface area (Å²) in [5.41, 5.74) is 0.631. The lowest BCUT2D eigenvalue weighted by Gasteiger charge is -2.33. The zero-order valence-electron chi connectivity index (χ0n) is 12.8. The van der Waals surface area contributed by atoms with Crippen LogP contribution in [0.25, 0.3) is 0 Å². The van der Waals surface area contributed by atoms with Crippen LogP contribution in [-0.4, -0.2) is 41.1 Å². The van der Waals surface area contributed by atoms with Gasteiger partial charge in [-0.2, -0.15) is 0 Å². The molecule has 1 amide bonds. The average Bonchev–Trinajstić information content (AvgIpc) is 2.60. The van der Waals surface area contributed by atoms with Crippen molar-refractivity contribution < 1.29 is 19.1 Å². The lowest BCUT2D eigenvalue weighted by Crippen LogP contribution is -2.48. The van der Waals surface area contributed by atoms with E-state index in [9.17, 15) is 9.59 Å². The molecule has 3 rings (SSSR count). The molecule has 0 radical (unpaired) electrons. The van der Waals surface area contributed by atoms with Crippen molar-refractivity contribution in [2.75, 3.05) is 18.1 Å². The van der Waals surface area contributed by atoms with Gasteiger partial charge in [0.2, 0.25) is 6.10 Å². The van der Waals surface area contributed by atoms with Gasteiger partial charge in [0.25, 0.3) is 5.91 Å². The number of hydrogen-bond donors (Lipinski definition) is 0. The van der Waals surface area contributed by atoms with Crippen molar-refractivity contribution in [1.82, 2.24) is 9.97 Å². The highest BCUT2D eigenvalue weighted by Gasteiger charge is 2.35. The van der Waals surface area contributed by atoms with Gasteiger partial charge in [-0.1, -0.05) is 23.7 Å². The van der Waals surface area contributed by atoms with Crippen LogP contribution >= 0.6 is 11.6 Å². The highest BCUT2D eigenvalue weighted by atomic mass is 35.5. The molecule has 2 aromatic rings. The van der Waals surface area contributed by atoms with Gasteiger partial charge in [0.05, 0.1) is 31.2 Å². The molecule has 124 valence electrons. The first-order valence-electron chi connectivity index (χ1n) is 7.32. The van der Waals surface area contributed by atoms with Crippen LogP contribution in [0.5, 0.6) is 5.75 Å². The van der Waals surface area contributed by atoms with Gasteiger partial charge in [-0.15, -0.1) is 0 Å². The van der Waals surface area contributed by atoms with Crippen LogP contribution in [0, 0.1) is 0 Å². The number of fused-ring (bicyclic) bond motifs is 1. The number of anilines is 1. The maximum atomic E-state index is 12.8. The molecular formula is C16H14ClN3O4. The summed E-state index contributed by atoms with van der Waals surface area (Å²) in [5.74, 6) is -0.526. The van der Waals surface area contributed by atoms with Crippen molar-refractivity contribution in [3.63, 3.8) is 0 Å². The molecule has 0 saturated heterocycles. The van der Waals surface area contributed by atoms with E-state index in [0.29, 0.717) is 11.4 Å². The summed E-state index contributed by atoms with van der Waals surface area (Å²) < 4.78 is 10.7. The van der Waals surface area contributed by atoms with Crippen LogP contribution in [-0.2, 0) is 9.53 Å². The van der Waals surface area contributed by atoms with Gasteiger partial charge < -0.3 is 9.47 Å². The van der Waals surface area contributed by atoms with Crippen molar-refractivity contribution >= 4 is 29.2 Å². The number of halogens is 1. The zero-order chi connectivity index (χ0) is 17.1. The Balaban J connectivity index is 1.96. The van der Waals surface area contributed by atoms with Gasteiger partial charge in [0.15, 0.2) is 0 Å². The summed E-state index contributed by atoms with van der Waals surface area (Å²) in [6, 6.07) is 6.95. The highest BCUT2D eigenvalue weighted by molar-refractivity contribution is 6.29. The second kappa shape index (κ2) is 6.84. The largest absolute Gasteiger partial charge is 0.475 e. The number of rotatable bonds is 3. The molecule has 0 fully saturated rings. The third-order valence-corrected chi connectivity index (χ3v) is 3.57. The van der Waals surface area contributed by atoms with Crippen molar-refractivity contribution in [3.8, 4) is 5.75 Å². The number of carbonyl (C=O) groups excluding carboxylic acids is 2. The fourth-order valence-corrected chi connectivity index (χ4v) is 2.52. The molecule has 0 spiro atoms. The Morgan fingerprint density at radius 2 is 2.17 bits per heavy atom. The lowest BCUT2D eigenvalue weighted by molar-refractivity contribution is -0.151. The maximum Gasteiger partial charge on any atom is 0.349 e. The van der Waals surface area contributed by atoms with E-state index >= 15 is 0 Å². The molecule has 2 heterocycles. The molecule has 0 bridgehead atoms. The van der Waals surface area contributed by atoms with E-state index in [1.165, 1.54) is 17.3 Å². The van der Waals surface area contributed by atoms with Gasteiger partial charge in [0.1, 0.15) is 16.6 Å². The van der Waals surface area contributed by atoms with Gasteiger partial charge in [0, 0.05) is 0 Å². The second-order valence-electron chi connectivity index (χ2n) is 4.97. The highest BCUT2D eigenvalue weighted by Crippen LogP contribution is 2.34. The van der Waals surface area contributed by atoms with E-state index in [1.54, 1.807) is 31.2 Å². The Hall–Kier alpha value is -2.67. The summed E-state index contributed by atoms with van der Waals surface area (Å²) in [4.78, 5) is 34.1. The van der Waals surface area contributed by atoms with Crippen LogP contribution in [0.3, 0.4) is 0 Å². The number of carbonyl (C=O) groups is 2. The number of aromatic nitrogens is 2. The number of benzene rings is 1. The number of esters is 1. The SMILES string of the molecule is CCOC(=O)C1CN(C(=O)c2cncc(Cl)n2)c2ccccc2O1. The van der Waals surface area contributed by atoms with Crippen LogP contribution in [0.1, 0.15) is 17.4 Å². The molecule has 1 unspecified atom stereocenters. The first-order chi connectivity index (χ1) is 11.6. The van der Waals surface area contributed by atoms with E-state index in [2.05, 4.69) is 9.97 Å². The first-order valence-corrected chi connectivity index (χ1v) is 7.69. The monoisotopic (exact) mass is 347 g/mol. The molecule has 7 nitrogen and oxygen atoms in total. The molecule has 1 aliphatic rings. The number of amides is 1. The average molecular weight is 348 g/mol. The second-order valence-corrected chi connectivity index (χ2v) is 5.36. The van der Waals surface area contributed by atoms with Crippen LogP contribution in [0.15, 0.2) is 36.7 Å². The van der Waals surface area contributed by atoms with Crippen LogP contribution in [0.4, 0.5) is 5.69 Å². The minimum Gasteiger partial charge on any atom is -0.475 e. The van der Waals surface area contributed by atoms with E-state index in [0.717, 1.165) is 0 Å². The molecule has 0 aliphatic carbocycles. The minimum atomic E-state index is -0.907. The lowest BCUT2D eigenvalue weighted by atomic mass is 10.1. The van der Waals surface area contributed by atoms with Gasteiger partial charge >= 0.3 is 5.97 Å². The normalized spacial score (nSPS) is 16.1. The summed E-state index contributed by atoms with van der Waals surface area (Å²) >= 11 is 5.81. The van der Waals surface area contributed by atoms with Crippen molar-refractivity contribution in [2.24, 2.45) is 0 Å². The fourth-order valence-electron chi connectivity index (χ4n) is 2.37. The smallest absolute Gasteiger partial charge is 0.349 e. The number of ether oxygens (including phenoxy) is 2. The number of hydrogen-bond acceptors (Lipinski definition) is 6. The Labute approximate surface area is 143 Å². The predicted octanol–water partition coefficient (Wildman–Crippen LogP) is 2.10. The Morgan fingerprint density at radius 1 is 1.38 bits per heavy atom. The molecule has 1 atom stereocenters. The summed E-state index contributed by atoms with van der Waals surface area (Å²) in [7, 11) is 0. The predicted molar refractivity (Wildman–Crippen MR) is 86.2 cm³/mol. The van der Waals surface area contributed by atoms with E-state index in [4.69, 9.17) is 21.1 Å². The minimum absolute atomic E-state index is 0.0167. The first kappa shape index (κ1) is 16.2. The quantitative estimate of drug-likeness (QED) is 0.791. The number of nitrogens with zero attached hydrogens (tertiary/aromatic N) is 3. The van der Waals surface area contributed by atoms with Gasteiger partial charge in [-0.3, -0.25) is 14.7 Å².